The highest BCUT2D eigenvalue weighted by atomic mass is 79.9. The molecular weight excluding hydrogens is 321 g/mol. The number of rotatable bonds is 6. The second-order valence-electron chi connectivity index (χ2n) is 4.86. The Kier molecular flexibility index (Phi) is 5.31. The number of nitrogens with zero attached hydrogens (tertiary/aromatic N) is 2. The molecule has 0 aliphatic heterocycles. The van der Waals surface area contributed by atoms with Crippen molar-refractivity contribution in [1.82, 2.24) is 15.1 Å². The average Bonchev–Trinajstić information content (AvgIpc) is 2.83. The number of hydrogen-bond acceptors (Lipinski definition) is 2. The van der Waals surface area contributed by atoms with Crippen molar-refractivity contribution in [2.45, 2.75) is 25.8 Å². The van der Waals surface area contributed by atoms with Crippen molar-refractivity contribution in [1.29, 1.82) is 0 Å². The molecule has 3 nitrogen and oxygen atoms in total. The van der Waals surface area contributed by atoms with E-state index in [0.717, 1.165) is 35.1 Å². The smallest absolute Gasteiger partial charge is 0.124 e. The lowest BCUT2D eigenvalue weighted by Gasteiger charge is -2.17. The molecule has 0 saturated carbocycles. The minimum Gasteiger partial charge on any atom is -0.308 e. The van der Waals surface area contributed by atoms with Gasteiger partial charge in [-0.1, -0.05) is 28.9 Å². The van der Waals surface area contributed by atoms with Crippen molar-refractivity contribution < 1.29 is 4.39 Å². The van der Waals surface area contributed by atoms with Crippen LogP contribution in [-0.2, 0) is 13.5 Å². The zero-order chi connectivity index (χ0) is 14.5. The zero-order valence-corrected chi connectivity index (χ0v) is 13.3. The third-order valence-electron chi connectivity index (χ3n) is 3.17. The summed E-state index contributed by atoms with van der Waals surface area (Å²) in [5.41, 5.74) is 2.09. The van der Waals surface area contributed by atoms with Gasteiger partial charge < -0.3 is 5.32 Å². The van der Waals surface area contributed by atoms with Crippen LogP contribution >= 0.6 is 15.9 Å². The maximum absolute atomic E-state index is 13.2. The summed E-state index contributed by atoms with van der Waals surface area (Å²) in [4.78, 5) is 0. The minimum absolute atomic E-state index is 0.137. The Morgan fingerprint density at radius 3 is 2.80 bits per heavy atom. The minimum atomic E-state index is -0.225. The predicted molar refractivity (Wildman–Crippen MR) is 82.0 cm³/mol. The molecule has 1 atom stereocenters. The van der Waals surface area contributed by atoms with Crippen molar-refractivity contribution in [2.24, 2.45) is 7.05 Å². The number of halogens is 2. The Balaban J connectivity index is 2.18. The van der Waals surface area contributed by atoms with E-state index in [9.17, 15) is 4.39 Å². The van der Waals surface area contributed by atoms with E-state index in [-0.39, 0.29) is 11.9 Å². The molecule has 0 bridgehead atoms. The summed E-state index contributed by atoms with van der Waals surface area (Å²) in [5.74, 6) is -0.225. The first-order chi connectivity index (χ1) is 9.60. The van der Waals surface area contributed by atoms with Crippen LogP contribution in [0.25, 0.3) is 0 Å². The second-order valence-corrected chi connectivity index (χ2v) is 5.72. The predicted octanol–water partition coefficient (Wildman–Crippen LogP) is 3.61. The van der Waals surface area contributed by atoms with E-state index in [4.69, 9.17) is 0 Å². The molecule has 0 saturated heterocycles. The Labute approximate surface area is 127 Å². The number of aryl methyl sites for hydroxylation is 1. The van der Waals surface area contributed by atoms with Gasteiger partial charge in [0.2, 0.25) is 0 Å². The topological polar surface area (TPSA) is 29.9 Å². The fourth-order valence-corrected chi connectivity index (χ4v) is 2.64. The summed E-state index contributed by atoms with van der Waals surface area (Å²) in [6.45, 7) is 3.07. The molecule has 0 spiro atoms. The molecule has 0 aliphatic rings. The van der Waals surface area contributed by atoms with Gasteiger partial charge >= 0.3 is 0 Å². The maximum Gasteiger partial charge on any atom is 0.124 e. The van der Waals surface area contributed by atoms with E-state index in [1.54, 1.807) is 4.68 Å². The monoisotopic (exact) mass is 339 g/mol. The van der Waals surface area contributed by atoms with E-state index >= 15 is 0 Å². The summed E-state index contributed by atoms with van der Waals surface area (Å²) in [5, 5.41) is 7.97. The van der Waals surface area contributed by atoms with Crippen LogP contribution in [-0.4, -0.2) is 16.3 Å². The van der Waals surface area contributed by atoms with Crippen LogP contribution in [0, 0.1) is 5.82 Å². The fraction of sp³-hybridized carbons (Fsp3) is 0.400. The third kappa shape index (κ3) is 3.90. The van der Waals surface area contributed by atoms with Gasteiger partial charge in [0.1, 0.15) is 5.82 Å². The van der Waals surface area contributed by atoms with Gasteiger partial charge in [0, 0.05) is 17.7 Å². The summed E-state index contributed by atoms with van der Waals surface area (Å²) >= 11 is 3.43. The molecule has 1 N–H and O–H groups in total. The molecule has 0 aliphatic carbocycles. The first-order valence-electron chi connectivity index (χ1n) is 6.77. The normalized spacial score (nSPS) is 12.6. The van der Waals surface area contributed by atoms with Crippen molar-refractivity contribution in [3.63, 3.8) is 0 Å². The molecule has 108 valence electrons. The zero-order valence-electron chi connectivity index (χ0n) is 11.7. The second kappa shape index (κ2) is 6.99. The molecule has 1 aromatic heterocycles. The molecule has 20 heavy (non-hydrogen) atoms. The van der Waals surface area contributed by atoms with E-state index in [1.807, 2.05) is 25.4 Å². The average molecular weight is 340 g/mol. The number of benzene rings is 1. The third-order valence-corrected chi connectivity index (χ3v) is 3.91. The van der Waals surface area contributed by atoms with Gasteiger partial charge in [0.25, 0.3) is 0 Å². The van der Waals surface area contributed by atoms with Crippen molar-refractivity contribution in [2.75, 3.05) is 6.54 Å². The molecule has 2 rings (SSSR count). The van der Waals surface area contributed by atoms with Crippen LogP contribution < -0.4 is 5.32 Å². The SMILES string of the molecule is CCCNC(Cc1ccc(F)cc1Br)c1ccn(C)n1. The summed E-state index contributed by atoms with van der Waals surface area (Å²) in [6, 6.07) is 6.98. The molecule has 1 heterocycles. The lowest BCUT2D eigenvalue weighted by Crippen LogP contribution is -2.24. The molecular formula is C15H19BrFN3. The van der Waals surface area contributed by atoms with E-state index in [2.05, 4.69) is 33.3 Å². The molecule has 0 radical (unpaired) electrons. The standard InChI is InChI=1S/C15H19BrFN3/c1-3-7-18-15(14-6-8-20(2)19-14)9-11-4-5-12(17)10-13(11)16/h4-6,8,10,15,18H,3,7,9H2,1-2H3. The Bertz CT molecular complexity index is 568. The highest BCUT2D eigenvalue weighted by Crippen LogP contribution is 2.24. The molecule has 1 aromatic carbocycles. The van der Waals surface area contributed by atoms with Crippen LogP contribution in [0.5, 0.6) is 0 Å². The highest BCUT2D eigenvalue weighted by Gasteiger charge is 2.16. The van der Waals surface area contributed by atoms with Crippen molar-refractivity contribution >= 4 is 15.9 Å². The largest absolute Gasteiger partial charge is 0.308 e. The molecule has 5 heteroatoms. The first-order valence-corrected chi connectivity index (χ1v) is 7.56. The van der Waals surface area contributed by atoms with Crippen LogP contribution in [0.4, 0.5) is 4.39 Å². The lowest BCUT2D eigenvalue weighted by molar-refractivity contribution is 0.509. The Hall–Kier alpha value is -1.20. The van der Waals surface area contributed by atoms with Gasteiger partial charge in [-0.25, -0.2) is 4.39 Å². The van der Waals surface area contributed by atoms with E-state index < -0.39 is 0 Å². The fourth-order valence-electron chi connectivity index (χ4n) is 2.13. The van der Waals surface area contributed by atoms with E-state index in [1.165, 1.54) is 12.1 Å². The maximum atomic E-state index is 13.2. The number of aromatic nitrogens is 2. The van der Waals surface area contributed by atoms with Crippen molar-refractivity contribution in [3.05, 3.63) is 52.0 Å². The van der Waals surface area contributed by atoms with Gasteiger partial charge in [-0.2, -0.15) is 5.10 Å². The van der Waals surface area contributed by atoms with Crippen LogP contribution in [0.1, 0.15) is 30.6 Å². The first kappa shape index (κ1) is 15.2. The molecule has 0 amide bonds. The van der Waals surface area contributed by atoms with Gasteiger partial charge in [-0.3, -0.25) is 4.68 Å². The lowest BCUT2D eigenvalue weighted by atomic mass is 10.0. The summed E-state index contributed by atoms with van der Waals surface area (Å²) in [7, 11) is 1.91. The number of nitrogens with one attached hydrogen (secondary N) is 1. The van der Waals surface area contributed by atoms with E-state index in [0.29, 0.717) is 0 Å². The van der Waals surface area contributed by atoms with Crippen LogP contribution in [0.2, 0.25) is 0 Å². The quantitative estimate of drug-likeness (QED) is 0.871. The summed E-state index contributed by atoms with van der Waals surface area (Å²) in [6.07, 6.45) is 3.78. The van der Waals surface area contributed by atoms with Gasteiger partial charge in [-0.05, 0) is 43.1 Å². The Morgan fingerprint density at radius 1 is 1.40 bits per heavy atom. The molecule has 1 unspecified atom stereocenters. The Morgan fingerprint density at radius 2 is 2.20 bits per heavy atom. The van der Waals surface area contributed by atoms with Gasteiger partial charge in [0.15, 0.2) is 0 Å². The molecule has 0 fully saturated rings. The van der Waals surface area contributed by atoms with Gasteiger partial charge in [0.05, 0.1) is 11.7 Å². The summed E-state index contributed by atoms with van der Waals surface area (Å²) < 4.78 is 15.8. The van der Waals surface area contributed by atoms with Crippen LogP contribution in [0.3, 0.4) is 0 Å². The van der Waals surface area contributed by atoms with Gasteiger partial charge in [-0.15, -0.1) is 0 Å². The van der Waals surface area contributed by atoms with Crippen molar-refractivity contribution in [3.8, 4) is 0 Å². The van der Waals surface area contributed by atoms with Crippen LogP contribution in [0.15, 0.2) is 34.9 Å². The highest BCUT2D eigenvalue weighted by molar-refractivity contribution is 9.10. The molecule has 2 aromatic rings. The number of hydrogen-bond donors (Lipinski definition) is 1.